The highest BCUT2D eigenvalue weighted by Gasteiger charge is 2.64. The summed E-state index contributed by atoms with van der Waals surface area (Å²) in [6, 6.07) is 0. The van der Waals surface area contributed by atoms with Gasteiger partial charge in [0.25, 0.3) is 0 Å². The number of aldehydes is 1. The third-order valence-electron chi connectivity index (χ3n) is 8.46. The Morgan fingerprint density at radius 3 is 2.73 bits per heavy atom. The summed E-state index contributed by atoms with van der Waals surface area (Å²) in [5.74, 6) is -1.38. The van der Waals surface area contributed by atoms with E-state index in [1.165, 1.54) is 0 Å². The van der Waals surface area contributed by atoms with E-state index in [9.17, 15) is 32.5 Å². The van der Waals surface area contributed by atoms with Gasteiger partial charge in [-0.05, 0) is 67.8 Å². The largest absolute Gasteiger partial charge is 0.726 e. The number of fused-ring (bicyclic) bond motifs is 5. The molecule has 0 aromatic rings. The van der Waals surface area contributed by atoms with Crippen molar-refractivity contribution in [1.29, 1.82) is 0 Å². The highest BCUT2D eigenvalue weighted by atomic mass is 32.3. The van der Waals surface area contributed by atoms with Crippen LogP contribution in [0.1, 0.15) is 51.9 Å². The zero-order valence-electron chi connectivity index (χ0n) is 16.9. The Labute approximate surface area is 176 Å². The molecular weight excluding hydrogens is 412 g/mol. The predicted molar refractivity (Wildman–Crippen MR) is 103 cm³/mol. The number of aliphatic hydroxyl groups excluding tert-OH is 1. The van der Waals surface area contributed by atoms with Crippen LogP contribution in [0.4, 0.5) is 0 Å². The minimum absolute atomic E-state index is 0.0382. The van der Waals surface area contributed by atoms with Crippen LogP contribution in [0, 0.1) is 34.5 Å². The lowest BCUT2D eigenvalue weighted by Crippen LogP contribution is -2.58. The Kier molecular flexibility index (Phi) is 5.32. The van der Waals surface area contributed by atoms with E-state index in [1.54, 1.807) is 6.08 Å². The second kappa shape index (κ2) is 7.32. The molecule has 166 valence electrons. The number of allylic oxidation sites excluding steroid dienone is 1. The van der Waals surface area contributed by atoms with E-state index < -0.39 is 40.2 Å². The van der Waals surface area contributed by atoms with Crippen LogP contribution in [0.5, 0.6) is 0 Å². The second-order valence-electron chi connectivity index (χ2n) is 9.66. The van der Waals surface area contributed by atoms with E-state index in [4.69, 9.17) is 0 Å². The highest BCUT2D eigenvalue weighted by molar-refractivity contribution is 7.80. The topological polar surface area (TPSA) is 138 Å². The van der Waals surface area contributed by atoms with Crippen molar-refractivity contribution in [2.24, 2.45) is 34.5 Å². The van der Waals surface area contributed by atoms with E-state index in [2.05, 4.69) is 11.1 Å². The van der Waals surface area contributed by atoms with E-state index in [-0.39, 0.29) is 35.4 Å². The lowest BCUT2D eigenvalue weighted by Gasteiger charge is -2.59. The maximum Gasteiger partial charge on any atom is 0.218 e. The summed E-state index contributed by atoms with van der Waals surface area (Å²) in [4.78, 5) is 37.0. The number of rotatable bonds is 5. The van der Waals surface area contributed by atoms with E-state index >= 15 is 0 Å². The fraction of sp³-hybridized carbons (Fsp3) is 0.762. The van der Waals surface area contributed by atoms with Gasteiger partial charge >= 0.3 is 0 Å². The summed E-state index contributed by atoms with van der Waals surface area (Å²) in [5.41, 5.74) is -0.291. The van der Waals surface area contributed by atoms with Crippen molar-refractivity contribution >= 4 is 28.3 Å². The van der Waals surface area contributed by atoms with Crippen LogP contribution in [0.3, 0.4) is 0 Å². The number of carbonyl (C=O) groups is 3. The average Bonchev–Trinajstić information content (AvgIpc) is 3.05. The van der Waals surface area contributed by atoms with Crippen LogP contribution < -0.4 is 0 Å². The standard InChI is InChI=1S/C21H28O8S/c1-20-7-6-13(23)8-12(20)2-3-14-15-4-5-16(18(25)10-29-30(26,27)28)21(15,11-22)9-17(24)19(14)20/h8,11,14-17,19,24H,2-7,9-10H2,1H3,(H,26,27,28)/p-1/t14-,15-,16+,17-,19+,20-,21+/m0/s1. The van der Waals surface area contributed by atoms with Crippen LogP contribution in [0.25, 0.3) is 0 Å². The molecule has 30 heavy (non-hydrogen) atoms. The van der Waals surface area contributed by atoms with Crippen LogP contribution >= 0.6 is 0 Å². The van der Waals surface area contributed by atoms with E-state index in [0.29, 0.717) is 25.7 Å². The number of aliphatic hydroxyl groups is 1. The van der Waals surface area contributed by atoms with Gasteiger partial charge in [-0.3, -0.25) is 13.8 Å². The summed E-state index contributed by atoms with van der Waals surface area (Å²) in [7, 11) is -5.00. The predicted octanol–water partition coefficient (Wildman–Crippen LogP) is 1.33. The first-order valence-corrected chi connectivity index (χ1v) is 11.9. The van der Waals surface area contributed by atoms with Gasteiger partial charge in [-0.1, -0.05) is 12.5 Å². The van der Waals surface area contributed by atoms with Gasteiger partial charge in [0.2, 0.25) is 10.4 Å². The number of ketones is 2. The lowest BCUT2D eigenvalue weighted by molar-refractivity contribution is -0.157. The highest BCUT2D eigenvalue weighted by Crippen LogP contribution is 2.66. The van der Waals surface area contributed by atoms with Crippen molar-refractivity contribution in [3.8, 4) is 0 Å². The summed E-state index contributed by atoms with van der Waals surface area (Å²) >= 11 is 0. The first-order valence-electron chi connectivity index (χ1n) is 10.5. The molecule has 1 N–H and O–H groups in total. The molecule has 7 atom stereocenters. The summed E-state index contributed by atoms with van der Waals surface area (Å²) in [5, 5.41) is 11.2. The molecule has 0 unspecified atom stereocenters. The summed E-state index contributed by atoms with van der Waals surface area (Å²) in [6.07, 6.45) is 5.44. The molecule has 0 radical (unpaired) electrons. The average molecular weight is 440 g/mol. The Morgan fingerprint density at radius 1 is 1.33 bits per heavy atom. The molecular formula is C21H27O8S-. The lowest BCUT2D eigenvalue weighted by atomic mass is 9.45. The zero-order chi connectivity index (χ0) is 21.9. The second-order valence-corrected chi connectivity index (χ2v) is 10.7. The molecule has 4 aliphatic carbocycles. The quantitative estimate of drug-likeness (QED) is 0.385. The first kappa shape index (κ1) is 21.8. The fourth-order valence-corrected chi connectivity index (χ4v) is 7.56. The maximum absolute atomic E-state index is 12.7. The summed E-state index contributed by atoms with van der Waals surface area (Å²) < 4.78 is 36.4. The van der Waals surface area contributed by atoms with E-state index in [0.717, 1.165) is 24.7 Å². The van der Waals surface area contributed by atoms with Crippen molar-refractivity contribution in [1.82, 2.24) is 0 Å². The third kappa shape index (κ3) is 3.30. The Hall–Kier alpha value is -1.42. The minimum atomic E-state index is -5.00. The monoisotopic (exact) mass is 439 g/mol. The van der Waals surface area contributed by atoms with Gasteiger partial charge in [-0.25, -0.2) is 8.42 Å². The minimum Gasteiger partial charge on any atom is -0.726 e. The molecule has 0 aromatic heterocycles. The van der Waals surface area contributed by atoms with Gasteiger partial charge in [0, 0.05) is 17.8 Å². The molecule has 0 heterocycles. The number of Topliss-reactive ketones (excluding diaryl/α,β-unsaturated/α-hetero) is 1. The Morgan fingerprint density at radius 2 is 2.07 bits per heavy atom. The first-order chi connectivity index (χ1) is 14.0. The normalized spacial score (nSPS) is 43.2. The Balaban J connectivity index is 1.64. The molecule has 8 nitrogen and oxygen atoms in total. The smallest absolute Gasteiger partial charge is 0.218 e. The van der Waals surface area contributed by atoms with Gasteiger partial charge in [0.15, 0.2) is 11.6 Å². The molecule has 0 spiro atoms. The molecule has 9 heteroatoms. The van der Waals surface area contributed by atoms with E-state index in [1.807, 2.05) is 0 Å². The van der Waals surface area contributed by atoms with Crippen molar-refractivity contribution in [3.63, 3.8) is 0 Å². The summed E-state index contributed by atoms with van der Waals surface area (Å²) in [6.45, 7) is 1.22. The molecule has 3 fully saturated rings. The molecule has 0 saturated heterocycles. The Bertz CT molecular complexity index is 908. The maximum atomic E-state index is 12.7. The third-order valence-corrected chi connectivity index (χ3v) is 8.86. The molecule has 0 bridgehead atoms. The molecule has 0 amide bonds. The van der Waals surface area contributed by atoms with Gasteiger partial charge in [-0.15, -0.1) is 0 Å². The van der Waals surface area contributed by atoms with Crippen molar-refractivity contribution < 1.29 is 36.6 Å². The number of hydrogen-bond acceptors (Lipinski definition) is 8. The molecule has 0 aliphatic heterocycles. The fourth-order valence-electron chi connectivity index (χ4n) is 7.30. The zero-order valence-corrected chi connectivity index (χ0v) is 17.7. The van der Waals surface area contributed by atoms with Crippen LogP contribution in [-0.2, 0) is 29.0 Å². The van der Waals surface area contributed by atoms with Crippen molar-refractivity contribution in [2.45, 2.75) is 58.0 Å². The molecule has 4 aliphatic rings. The van der Waals surface area contributed by atoms with Gasteiger partial charge in [0.05, 0.1) is 6.10 Å². The van der Waals surface area contributed by atoms with Gasteiger partial charge in [-0.2, -0.15) is 0 Å². The number of hydrogen-bond donors (Lipinski definition) is 1. The number of carbonyl (C=O) groups excluding carboxylic acids is 3. The van der Waals surface area contributed by atoms with Crippen molar-refractivity contribution in [3.05, 3.63) is 11.6 Å². The van der Waals surface area contributed by atoms with Crippen molar-refractivity contribution in [2.75, 3.05) is 6.61 Å². The molecule has 4 rings (SSSR count). The van der Waals surface area contributed by atoms with Gasteiger partial charge in [0.1, 0.15) is 12.9 Å². The molecule has 3 saturated carbocycles. The van der Waals surface area contributed by atoms with Crippen LogP contribution in [0.2, 0.25) is 0 Å². The van der Waals surface area contributed by atoms with Crippen LogP contribution in [0.15, 0.2) is 11.6 Å². The molecule has 0 aromatic carbocycles. The van der Waals surface area contributed by atoms with Gasteiger partial charge < -0.3 is 14.5 Å². The van der Waals surface area contributed by atoms with Crippen LogP contribution in [-0.4, -0.2) is 48.6 Å². The SMILES string of the molecule is C[C@]12CCC(=O)C=C1CC[C@@H]1[C@@H]2[C@@H](O)C[C@]2(C=O)[C@@H](C(=O)COS(=O)(=O)[O-])CC[C@@H]12.